The molecule has 7 heteroatoms. The Bertz CT molecular complexity index is 831. The second kappa shape index (κ2) is 8.75. The highest BCUT2D eigenvalue weighted by molar-refractivity contribution is 5.78. The fourth-order valence-corrected chi connectivity index (χ4v) is 2.46. The van der Waals surface area contributed by atoms with E-state index in [9.17, 15) is 4.79 Å². The van der Waals surface area contributed by atoms with Crippen molar-refractivity contribution in [1.29, 1.82) is 0 Å². The second-order valence-electron chi connectivity index (χ2n) is 5.91. The highest BCUT2D eigenvalue weighted by Crippen LogP contribution is 2.14. The summed E-state index contributed by atoms with van der Waals surface area (Å²) in [6.07, 6.45) is 1.18. The number of amides is 1. The van der Waals surface area contributed by atoms with Crippen molar-refractivity contribution in [3.63, 3.8) is 0 Å². The predicted molar refractivity (Wildman–Crippen MR) is 96.4 cm³/mol. The predicted octanol–water partition coefficient (Wildman–Crippen LogP) is 1.69. The van der Waals surface area contributed by atoms with E-state index in [2.05, 4.69) is 33.0 Å². The van der Waals surface area contributed by atoms with Crippen molar-refractivity contribution >= 4 is 5.91 Å². The molecule has 0 atom stereocenters. The van der Waals surface area contributed by atoms with E-state index in [4.69, 9.17) is 4.74 Å². The van der Waals surface area contributed by atoms with Gasteiger partial charge in [-0.05, 0) is 40.1 Å². The Balaban J connectivity index is 1.42. The van der Waals surface area contributed by atoms with Crippen LogP contribution in [0, 0.1) is 0 Å². The van der Waals surface area contributed by atoms with Crippen LogP contribution in [0.5, 0.6) is 5.75 Å². The molecule has 1 aromatic heterocycles. The largest absolute Gasteiger partial charge is 0.486 e. The molecule has 0 radical (unpaired) electrons. The van der Waals surface area contributed by atoms with Gasteiger partial charge in [0, 0.05) is 13.6 Å². The molecule has 0 unspecified atom stereocenters. The van der Waals surface area contributed by atoms with Crippen LogP contribution in [0.4, 0.5) is 0 Å². The zero-order valence-corrected chi connectivity index (χ0v) is 14.6. The number of benzene rings is 2. The van der Waals surface area contributed by atoms with Gasteiger partial charge in [-0.25, -0.2) is 4.68 Å². The second-order valence-corrected chi connectivity index (χ2v) is 5.91. The fraction of sp³-hybridized carbons (Fsp3) is 0.263. The molecule has 1 amide bonds. The maximum Gasteiger partial charge on any atom is 0.224 e. The number of aromatic nitrogens is 4. The number of rotatable bonds is 8. The summed E-state index contributed by atoms with van der Waals surface area (Å²) in [5, 5.41) is 14.1. The number of hydrogen-bond acceptors (Lipinski definition) is 5. The van der Waals surface area contributed by atoms with Crippen LogP contribution in [0.1, 0.15) is 17.0 Å². The monoisotopic (exact) mass is 351 g/mol. The van der Waals surface area contributed by atoms with Crippen LogP contribution in [0.15, 0.2) is 54.6 Å². The van der Waals surface area contributed by atoms with Crippen molar-refractivity contribution < 1.29 is 9.53 Å². The summed E-state index contributed by atoms with van der Waals surface area (Å²) in [6, 6.07) is 17.6. The third-order valence-corrected chi connectivity index (χ3v) is 3.94. The quantitative estimate of drug-likeness (QED) is 0.668. The van der Waals surface area contributed by atoms with Crippen LogP contribution in [0.3, 0.4) is 0 Å². The molecule has 0 bridgehead atoms. The average molecular weight is 351 g/mol. The molecular weight excluding hydrogens is 330 g/mol. The van der Waals surface area contributed by atoms with Crippen LogP contribution < -0.4 is 10.1 Å². The summed E-state index contributed by atoms with van der Waals surface area (Å²) in [4.78, 5) is 12.0. The van der Waals surface area contributed by atoms with Crippen molar-refractivity contribution in [3.05, 3.63) is 71.5 Å². The lowest BCUT2D eigenvalue weighted by atomic mass is 10.1. The van der Waals surface area contributed by atoms with Gasteiger partial charge in [-0.3, -0.25) is 4.79 Å². The fourth-order valence-electron chi connectivity index (χ4n) is 2.46. The number of aryl methyl sites for hydroxylation is 1. The topological polar surface area (TPSA) is 81.9 Å². The third-order valence-electron chi connectivity index (χ3n) is 3.94. The lowest BCUT2D eigenvalue weighted by molar-refractivity contribution is -0.120. The number of ether oxygens (including phenoxy) is 1. The molecule has 3 aromatic rings. The zero-order chi connectivity index (χ0) is 18.2. The first kappa shape index (κ1) is 17.6. The highest BCUT2D eigenvalue weighted by Gasteiger charge is 2.05. The molecular formula is C19H21N5O2. The van der Waals surface area contributed by atoms with E-state index in [-0.39, 0.29) is 5.91 Å². The molecule has 2 aromatic carbocycles. The van der Waals surface area contributed by atoms with Gasteiger partial charge in [-0.2, -0.15) is 0 Å². The summed E-state index contributed by atoms with van der Waals surface area (Å²) in [7, 11) is 1.76. The van der Waals surface area contributed by atoms with Crippen molar-refractivity contribution in [2.24, 2.45) is 7.05 Å². The summed E-state index contributed by atoms with van der Waals surface area (Å²) in [6.45, 7) is 0.929. The maximum absolute atomic E-state index is 12.0. The summed E-state index contributed by atoms with van der Waals surface area (Å²) >= 11 is 0. The van der Waals surface area contributed by atoms with E-state index in [1.54, 1.807) is 11.7 Å². The molecule has 0 saturated carbocycles. The highest BCUT2D eigenvalue weighted by atomic mass is 16.5. The van der Waals surface area contributed by atoms with Crippen LogP contribution >= 0.6 is 0 Å². The first-order chi connectivity index (χ1) is 12.7. The van der Waals surface area contributed by atoms with Gasteiger partial charge >= 0.3 is 0 Å². The van der Waals surface area contributed by atoms with Crippen LogP contribution in [0.2, 0.25) is 0 Å². The minimum absolute atomic E-state index is 0.0137. The molecule has 26 heavy (non-hydrogen) atoms. The molecule has 0 aliphatic heterocycles. The Morgan fingerprint density at radius 3 is 2.54 bits per heavy atom. The van der Waals surface area contributed by atoms with Gasteiger partial charge in [0.15, 0.2) is 5.82 Å². The molecule has 134 valence electrons. The molecule has 7 nitrogen and oxygen atoms in total. The van der Waals surface area contributed by atoms with Crippen molar-refractivity contribution in [1.82, 2.24) is 25.5 Å². The van der Waals surface area contributed by atoms with Gasteiger partial charge in [-0.15, -0.1) is 5.10 Å². The summed E-state index contributed by atoms with van der Waals surface area (Å²) < 4.78 is 7.20. The standard InChI is InChI=1S/C19H21N5O2/c1-24-18(21-22-23-24)14-26-17-9-7-16(8-10-17)13-19(25)20-12-11-15-5-3-2-4-6-15/h2-10H,11-14H2,1H3,(H,20,25). The average Bonchev–Trinajstić information content (AvgIpc) is 3.07. The number of nitrogens with zero attached hydrogens (tertiary/aromatic N) is 4. The summed E-state index contributed by atoms with van der Waals surface area (Å²) in [5.41, 5.74) is 2.15. The molecule has 0 aliphatic carbocycles. The van der Waals surface area contributed by atoms with E-state index < -0.39 is 0 Å². The molecule has 1 heterocycles. The minimum atomic E-state index is 0.0137. The van der Waals surface area contributed by atoms with E-state index in [1.807, 2.05) is 42.5 Å². The van der Waals surface area contributed by atoms with Crippen molar-refractivity contribution in [2.75, 3.05) is 6.54 Å². The van der Waals surface area contributed by atoms with Crippen LogP contribution in [-0.2, 0) is 31.3 Å². The summed E-state index contributed by atoms with van der Waals surface area (Å²) in [5.74, 6) is 1.37. The Kier molecular flexibility index (Phi) is 5.92. The van der Waals surface area contributed by atoms with E-state index in [1.165, 1.54) is 5.56 Å². The van der Waals surface area contributed by atoms with Crippen LogP contribution in [-0.4, -0.2) is 32.7 Å². The van der Waals surface area contributed by atoms with Gasteiger partial charge in [0.25, 0.3) is 0 Å². The third kappa shape index (κ3) is 5.14. The molecule has 1 N–H and O–H groups in total. The number of carbonyl (C=O) groups is 1. The lowest BCUT2D eigenvalue weighted by Crippen LogP contribution is -2.27. The number of hydrogen-bond donors (Lipinski definition) is 1. The molecule has 0 spiro atoms. The van der Waals surface area contributed by atoms with Gasteiger partial charge in [0.05, 0.1) is 6.42 Å². The Labute approximate surface area is 152 Å². The van der Waals surface area contributed by atoms with E-state index in [0.717, 1.165) is 12.0 Å². The first-order valence-corrected chi connectivity index (χ1v) is 8.44. The van der Waals surface area contributed by atoms with Gasteiger partial charge in [-0.1, -0.05) is 42.5 Å². The normalized spacial score (nSPS) is 10.5. The van der Waals surface area contributed by atoms with Crippen LogP contribution in [0.25, 0.3) is 0 Å². The zero-order valence-electron chi connectivity index (χ0n) is 14.6. The number of carbonyl (C=O) groups excluding carboxylic acids is 1. The van der Waals surface area contributed by atoms with Crippen molar-refractivity contribution in [2.45, 2.75) is 19.4 Å². The van der Waals surface area contributed by atoms with Gasteiger partial charge < -0.3 is 10.1 Å². The van der Waals surface area contributed by atoms with Gasteiger partial charge in [0.2, 0.25) is 5.91 Å². The number of nitrogens with one attached hydrogen (secondary N) is 1. The molecule has 0 fully saturated rings. The Morgan fingerprint density at radius 2 is 1.85 bits per heavy atom. The Morgan fingerprint density at radius 1 is 1.08 bits per heavy atom. The molecule has 0 aliphatic rings. The molecule has 0 saturated heterocycles. The minimum Gasteiger partial charge on any atom is -0.486 e. The van der Waals surface area contributed by atoms with E-state index in [0.29, 0.717) is 31.1 Å². The maximum atomic E-state index is 12.0. The lowest BCUT2D eigenvalue weighted by Gasteiger charge is -2.07. The van der Waals surface area contributed by atoms with E-state index >= 15 is 0 Å². The first-order valence-electron chi connectivity index (χ1n) is 8.44. The number of tetrazole rings is 1. The smallest absolute Gasteiger partial charge is 0.224 e. The van der Waals surface area contributed by atoms with Gasteiger partial charge in [0.1, 0.15) is 12.4 Å². The SMILES string of the molecule is Cn1nnnc1COc1ccc(CC(=O)NCCc2ccccc2)cc1. The Hall–Kier alpha value is -3.22. The molecule has 3 rings (SSSR count). The van der Waals surface area contributed by atoms with Crippen molar-refractivity contribution in [3.8, 4) is 5.75 Å².